The third-order valence-electron chi connectivity index (χ3n) is 6.52. The summed E-state index contributed by atoms with van der Waals surface area (Å²) in [7, 11) is -2.69. The fourth-order valence-electron chi connectivity index (χ4n) is 4.06. The smallest absolute Gasteiger partial charge is 0.264 e. The maximum Gasteiger partial charge on any atom is 0.264 e. The number of hydrogen-bond acceptors (Lipinski definition) is 5. The van der Waals surface area contributed by atoms with Crippen LogP contribution < -0.4 is 14.4 Å². The van der Waals surface area contributed by atoms with Crippen molar-refractivity contribution in [2.75, 3.05) is 24.5 Å². The molecular formula is C30H36ClN3O5S. The highest BCUT2D eigenvalue weighted by atomic mass is 35.5. The molecule has 0 aliphatic heterocycles. The van der Waals surface area contributed by atoms with Gasteiger partial charge >= 0.3 is 0 Å². The van der Waals surface area contributed by atoms with Gasteiger partial charge in [0.2, 0.25) is 11.8 Å². The molecule has 40 heavy (non-hydrogen) atoms. The molecule has 0 spiro atoms. The normalized spacial score (nSPS) is 11.9. The fraction of sp³-hybridized carbons (Fsp3) is 0.333. The lowest BCUT2D eigenvalue weighted by atomic mass is 10.1. The van der Waals surface area contributed by atoms with E-state index in [1.807, 2.05) is 13.8 Å². The van der Waals surface area contributed by atoms with Gasteiger partial charge in [-0.05, 0) is 56.2 Å². The Kier molecular flexibility index (Phi) is 11.0. The molecule has 0 bridgehead atoms. The van der Waals surface area contributed by atoms with Gasteiger partial charge in [0.05, 0.1) is 17.7 Å². The Labute approximate surface area is 241 Å². The number of rotatable bonds is 13. The molecule has 0 aromatic heterocycles. The summed E-state index contributed by atoms with van der Waals surface area (Å²) in [5, 5.41) is 3.31. The summed E-state index contributed by atoms with van der Waals surface area (Å²) in [5.74, 6) is -0.453. The summed E-state index contributed by atoms with van der Waals surface area (Å²) >= 11 is 6.40. The van der Waals surface area contributed by atoms with Crippen molar-refractivity contribution in [3.05, 3.63) is 88.9 Å². The Balaban J connectivity index is 2.03. The first-order valence-electron chi connectivity index (χ1n) is 13.1. The Bertz CT molecular complexity index is 1410. The topological polar surface area (TPSA) is 96.0 Å². The maximum absolute atomic E-state index is 14.0. The molecule has 0 saturated carbocycles. The van der Waals surface area contributed by atoms with E-state index in [9.17, 15) is 18.0 Å². The molecule has 0 unspecified atom stereocenters. The number of carbonyl (C=O) groups excluding carboxylic acids is 2. The zero-order valence-electron chi connectivity index (χ0n) is 23.3. The largest absolute Gasteiger partial charge is 0.497 e. The van der Waals surface area contributed by atoms with Gasteiger partial charge in [-0.15, -0.1) is 0 Å². The number of ether oxygens (including phenoxy) is 1. The SMILES string of the molecule is CCCCNC(=O)[C@@H](C)N(Cc1ccccc1Cl)C(=O)CN(c1cccc(OC)c1)S(=O)(=O)c1ccc(C)cc1. The Morgan fingerprint density at radius 2 is 1.73 bits per heavy atom. The second-order valence-electron chi connectivity index (χ2n) is 9.46. The van der Waals surface area contributed by atoms with Crippen LogP contribution >= 0.6 is 11.6 Å². The third kappa shape index (κ3) is 7.76. The zero-order valence-corrected chi connectivity index (χ0v) is 24.8. The zero-order chi connectivity index (χ0) is 29.3. The quantitative estimate of drug-likeness (QED) is 0.279. The molecule has 0 aliphatic rings. The number of hydrogen-bond donors (Lipinski definition) is 1. The van der Waals surface area contributed by atoms with Gasteiger partial charge in [-0.25, -0.2) is 8.42 Å². The van der Waals surface area contributed by atoms with Gasteiger partial charge in [0, 0.05) is 24.2 Å². The van der Waals surface area contributed by atoms with Crippen LogP contribution in [0.2, 0.25) is 5.02 Å². The minimum atomic E-state index is -4.17. The molecule has 0 radical (unpaired) electrons. The van der Waals surface area contributed by atoms with Gasteiger partial charge in [0.15, 0.2) is 0 Å². The van der Waals surface area contributed by atoms with Crippen LogP contribution in [0.25, 0.3) is 0 Å². The number of nitrogens with zero attached hydrogens (tertiary/aromatic N) is 2. The standard InChI is InChI=1S/C30H36ClN3O5S/c1-5-6-18-32-30(36)23(3)33(20-24-10-7-8-13-28(24)31)29(35)21-34(25-11-9-12-26(19-25)39-4)40(37,38)27-16-14-22(2)15-17-27/h7-17,19,23H,5-6,18,20-21H2,1-4H3,(H,32,36)/t23-/m1/s1. The first-order chi connectivity index (χ1) is 19.1. The first kappa shape index (κ1) is 31.0. The molecule has 3 aromatic carbocycles. The van der Waals surface area contributed by atoms with Crippen molar-refractivity contribution in [2.45, 2.75) is 51.1 Å². The molecule has 214 valence electrons. The van der Waals surface area contributed by atoms with Gasteiger partial charge in [-0.3, -0.25) is 13.9 Å². The lowest BCUT2D eigenvalue weighted by molar-refractivity contribution is -0.139. The van der Waals surface area contributed by atoms with E-state index >= 15 is 0 Å². The highest BCUT2D eigenvalue weighted by Crippen LogP contribution is 2.28. The predicted molar refractivity (Wildman–Crippen MR) is 158 cm³/mol. The van der Waals surface area contributed by atoms with Gasteiger partial charge in [-0.2, -0.15) is 0 Å². The van der Waals surface area contributed by atoms with Crippen molar-refractivity contribution >= 4 is 39.1 Å². The highest BCUT2D eigenvalue weighted by molar-refractivity contribution is 7.92. The van der Waals surface area contributed by atoms with Crippen LogP contribution in [0.5, 0.6) is 5.75 Å². The minimum absolute atomic E-state index is 0.0252. The lowest BCUT2D eigenvalue weighted by Crippen LogP contribution is -2.51. The number of anilines is 1. The summed E-state index contributed by atoms with van der Waals surface area (Å²) in [6, 6.07) is 19.1. The van der Waals surface area contributed by atoms with E-state index < -0.39 is 28.5 Å². The molecular weight excluding hydrogens is 550 g/mol. The van der Waals surface area contributed by atoms with Crippen LogP contribution in [-0.4, -0.2) is 51.4 Å². The van der Waals surface area contributed by atoms with Crippen molar-refractivity contribution in [1.82, 2.24) is 10.2 Å². The second kappa shape index (κ2) is 14.2. The first-order valence-corrected chi connectivity index (χ1v) is 14.9. The van der Waals surface area contributed by atoms with Crippen molar-refractivity contribution in [3.8, 4) is 5.75 Å². The van der Waals surface area contributed by atoms with E-state index in [0.717, 1.165) is 22.7 Å². The molecule has 2 amide bonds. The van der Waals surface area contributed by atoms with Crippen molar-refractivity contribution in [1.29, 1.82) is 0 Å². The fourth-order valence-corrected chi connectivity index (χ4v) is 5.66. The lowest BCUT2D eigenvalue weighted by Gasteiger charge is -2.32. The molecule has 1 atom stereocenters. The monoisotopic (exact) mass is 585 g/mol. The summed E-state index contributed by atoms with van der Waals surface area (Å²) < 4.78 is 34.2. The summed E-state index contributed by atoms with van der Waals surface area (Å²) in [6.45, 7) is 5.47. The Morgan fingerprint density at radius 1 is 1.02 bits per heavy atom. The van der Waals surface area contributed by atoms with E-state index in [1.165, 1.54) is 24.1 Å². The third-order valence-corrected chi connectivity index (χ3v) is 8.68. The van der Waals surface area contributed by atoms with Crippen LogP contribution in [0.1, 0.15) is 37.8 Å². The number of halogens is 1. The van der Waals surface area contributed by atoms with E-state index in [0.29, 0.717) is 22.9 Å². The molecule has 0 aliphatic carbocycles. The minimum Gasteiger partial charge on any atom is -0.497 e. The number of aryl methyl sites for hydroxylation is 1. The van der Waals surface area contributed by atoms with E-state index in [2.05, 4.69) is 5.32 Å². The van der Waals surface area contributed by atoms with Gasteiger partial charge in [0.25, 0.3) is 10.0 Å². The summed E-state index contributed by atoms with van der Waals surface area (Å²) in [5.41, 5.74) is 1.79. The van der Waals surface area contributed by atoms with Crippen LogP contribution in [0, 0.1) is 6.92 Å². The maximum atomic E-state index is 14.0. The number of sulfonamides is 1. The molecule has 10 heteroatoms. The van der Waals surface area contributed by atoms with Crippen molar-refractivity contribution in [3.63, 3.8) is 0 Å². The molecule has 3 aromatic rings. The van der Waals surface area contributed by atoms with Gasteiger partial charge in [-0.1, -0.05) is 66.9 Å². The molecule has 0 fully saturated rings. The van der Waals surface area contributed by atoms with Gasteiger partial charge in [0.1, 0.15) is 18.3 Å². The Hall–Kier alpha value is -3.56. The van der Waals surface area contributed by atoms with Crippen LogP contribution in [0.15, 0.2) is 77.7 Å². The molecule has 0 heterocycles. The number of nitrogens with one attached hydrogen (secondary N) is 1. The van der Waals surface area contributed by atoms with E-state index in [1.54, 1.807) is 67.6 Å². The number of benzene rings is 3. The number of unbranched alkanes of at least 4 members (excludes halogenated alkanes) is 1. The molecule has 3 rings (SSSR count). The molecule has 8 nitrogen and oxygen atoms in total. The van der Waals surface area contributed by atoms with Crippen molar-refractivity contribution in [2.24, 2.45) is 0 Å². The van der Waals surface area contributed by atoms with Crippen LogP contribution in [0.3, 0.4) is 0 Å². The number of methoxy groups -OCH3 is 1. The highest BCUT2D eigenvalue weighted by Gasteiger charge is 2.33. The van der Waals surface area contributed by atoms with Crippen LogP contribution in [-0.2, 0) is 26.2 Å². The number of carbonyl (C=O) groups is 2. The summed E-state index contributed by atoms with van der Waals surface area (Å²) in [4.78, 5) is 28.4. The molecule has 0 saturated heterocycles. The van der Waals surface area contributed by atoms with Crippen molar-refractivity contribution < 1.29 is 22.7 Å². The van der Waals surface area contributed by atoms with Crippen LogP contribution in [0.4, 0.5) is 5.69 Å². The van der Waals surface area contributed by atoms with E-state index in [-0.39, 0.29) is 23.0 Å². The Morgan fingerprint density at radius 3 is 2.38 bits per heavy atom. The second-order valence-corrected chi connectivity index (χ2v) is 11.7. The van der Waals surface area contributed by atoms with E-state index in [4.69, 9.17) is 16.3 Å². The van der Waals surface area contributed by atoms with Gasteiger partial charge < -0.3 is 15.0 Å². The number of amides is 2. The average molecular weight is 586 g/mol. The summed E-state index contributed by atoms with van der Waals surface area (Å²) in [6.07, 6.45) is 1.71. The predicted octanol–water partition coefficient (Wildman–Crippen LogP) is 5.19. The average Bonchev–Trinajstić information content (AvgIpc) is 2.95. The molecule has 1 N–H and O–H groups in total.